The molecule has 0 bridgehead atoms. The maximum Gasteiger partial charge on any atom is 0.156 e. The summed E-state index contributed by atoms with van der Waals surface area (Å²) in [6.45, 7) is 1.60. The van der Waals surface area contributed by atoms with E-state index in [9.17, 15) is 0 Å². The number of aliphatic hydroxyl groups excluding tert-OH is 2. The summed E-state index contributed by atoms with van der Waals surface area (Å²) in [6, 6.07) is -0.241. The molecule has 0 aromatic heterocycles. The molecular formula is C6H13NO3. The maximum absolute atomic E-state index is 9.02. The van der Waals surface area contributed by atoms with Gasteiger partial charge in [-0.2, -0.15) is 0 Å². The first-order valence-electron chi connectivity index (χ1n) is 3.38. The third-order valence-corrected chi connectivity index (χ3v) is 1.69. The highest BCUT2D eigenvalue weighted by atomic mass is 16.6. The Morgan fingerprint density at radius 3 is 2.50 bits per heavy atom. The molecule has 0 saturated carbocycles. The minimum absolute atomic E-state index is 0.241. The Balaban J connectivity index is 2.46. The van der Waals surface area contributed by atoms with Crippen molar-refractivity contribution in [1.82, 2.24) is 0 Å². The second-order valence-corrected chi connectivity index (χ2v) is 2.70. The molecule has 4 N–H and O–H groups in total. The van der Waals surface area contributed by atoms with E-state index >= 15 is 0 Å². The fourth-order valence-electron chi connectivity index (χ4n) is 1.18. The molecule has 0 aromatic carbocycles. The summed E-state index contributed by atoms with van der Waals surface area (Å²) in [4.78, 5) is 0. The molecule has 0 spiro atoms. The van der Waals surface area contributed by atoms with Gasteiger partial charge in [0, 0.05) is 12.5 Å². The van der Waals surface area contributed by atoms with Gasteiger partial charge < -0.3 is 20.7 Å². The van der Waals surface area contributed by atoms with Crippen LogP contribution in [0, 0.1) is 0 Å². The first-order valence-corrected chi connectivity index (χ1v) is 3.38. The lowest BCUT2D eigenvalue weighted by Crippen LogP contribution is -2.38. The van der Waals surface area contributed by atoms with Gasteiger partial charge in [0.05, 0.1) is 6.10 Å². The second-order valence-electron chi connectivity index (χ2n) is 2.70. The third kappa shape index (κ3) is 1.46. The van der Waals surface area contributed by atoms with Crippen LogP contribution in [0.25, 0.3) is 0 Å². The molecule has 4 nitrogen and oxygen atoms in total. The average Bonchev–Trinajstić information content (AvgIpc) is 2.10. The Labute approximate surface area is 59.6 Å². The second kappa shape index (κ2) is 2.84. The van der Waals surface area contributed by atoms with Crippen LogP contribution < -0.4 is 5.73 Å². The molecule has 4 unspecified atom stereocenters. The molecule has 1 saturated heterocycles. The number of ether oxygens (including phenoxy) is 1. The van der Waals surface area contributed by atoms with Gasteiger partial charge in [0.1, 0.15) is 6.10 Å². The molecule has 4 atom stereocenters. The zero-order valence-electron chi connectivity index (χ0n) is 5.90. The Morgan fingerprint density at radius 2 is 2.30 bits per heavy atom. The van der Waals surface area contributed by atoms with Crippen LogP contribution >= 0.6 is 0 Å². The standard InChI is InChI=1S/C6H13NO3/c1-3(8)6-4(7)2-5(9)10-6/h3-6,8-9H,2,7H2,1H3. The van der Waals surface area contributed by atoms with Crippen LogP contribution in [0.2, 0.25) is 0 Å². The molecule has 0 aromatic rings. The fraction of sp³-hybridized carbons (Fsp3) is 1.00. The van der Waals surface area contributed by atoms with E-state index in [0.717, 1.165) is 0 Å². The minimum Gasteiger partial charge on any atom is -0.391 e. The van der Waals surface area contributed by atoms with Crippen LogP contribution in [0.15, 0.2) is 0 Å². The summed E-state index contributed by atoms with van der Waals surface area (Å²) >= 11 is 0. The minimum atomic E-state index is -0.797. The highest BCUT2D eigenvalue weighted by Crippen LogP contribution is 2.19. The molecule has 1 fully saturated rings. The quantitative estimate of drug-likeness (QED) is 0.435. The third-order valence-electron chi connectivity index (χ3n) is 1.69. The molecule has 60 valence electrons. The van der Waals surface area contributed by atoms with Gasteiger partial charge in [-0.3, -0.25) is 0 Å². The van der Waals surface area contributed by atoms with E-state index < -0.39 is 18.5 Å². The molecule has 0 aliphatic carbocycles. The molecule has 4 heteroatoms. The lowest BCUT2D eigenvalue weighted by Gasteiger charge is -2.16. The van der Waals surface area contributed by atoms with Crippen LogP contribution in [-0.2, 0) is 4.74 Å². The molecule has 1 heterocycles. The van der Waals surface area contributed by atoms with Crippen molar-refractivity contribution in [2.45, 2.75) is 37.9 Å². The summed E-state index contributed by atoms with van der Waals surface area (Å²) in [7, 11) is 0. The molecule has 0 amide bonds. The van der Waals surface area contributed by atoms with E-state index in [1.807, 2.05) is 0 Å². The van der Waals surface area contributed by atoms with Gasteiger partial charge in [-0.05, 0) is 6.92 Å². The number of hydrogen-bond acceptors (Lipinski definition) is 4. The smallest absolute Gasteiger partial charge is 0.156 e. The average molecular weight is 147 g/mol. The fourth-order valence-corrected chi connectivity index (χ4v) is 1.18. The SMILES string of the molecule is CC(O)C1OC(O)CC1N. The van der Waals surface area contributed by atoms with Crippen molar-refractivity contribution in [3.63, 3.8) is 0 Å². The maximum atomic E-state index is 9.02. The Bertz CT molecular complexity index is 118. The van der Waals surface area contributed by atoms with Gasteiger partial charge in [-0.1, -0.05) is 0 Å². The van der Waals surface area contributed by atoms with Crippen LogP contribution in [-0.4, -0.2) is 34.8 Å². The van der Waals surface area contributed by atoms with E-state index in [4.69, 9.17) is 20.7 Å². The Morgan fingerprint density at radius 1 is 1.70 bits per heavy atom. The number of rotatable bonds is 1. The summed E-state index contributed by atoms with van der Waals surface area (Å²) in [5, 5.41) is 17.9. The van der Waals surface area contributed by atoms with Crippen molar-refractivity contribution in [3.8, 4) is 0 Å². The predicted molar refractivity (Wildman–Crippen MR) is 35.2 cm³/mol. The molecule has 1 aliphatic heterocycles. The Hall–Kier alpha value is -0.160. The van der Waals surface area contributed by atoms with Crippen LogP contribution in [0.5, 0.6) is 0 Å². The van der Waals surface area contributed by atoms with Crippen molar-refractivity contribution < 1.29 is 14.9 Å². The van der Waals surface area contributed by atoms with Gasteiger partial charge in [0.25, 0.3) is 0 Å². The zero-order valence-corrected chi connectivity index (χ0v) is 5.90. The van der Waals surface area contributed by atoms with Crippen molar-refractivity contribution in [2.24, 2.45) is 5.73 Å². The predicted octanol–water partition coefficient (Wildman–Crippen LogP) is -1.20. The van der Waals surface area contributed by atoms with E-state index in [1.54, 1.807) is 6.92 Å². The van der Waals surface area contributed by atoms with Gasteiger partial charge in [0.2, 0.25) is 0 Å². The molecular weight excluding hydrogens is 134 g/mol. The van der Waals surface area contributed by atoms with Crippen molar-refractivity contribution in [1.29, 1.82) is 0 Å². The Kier molecular flexibility index (Phi) is 2.25. The molecule has 1 rings (SSSR count). The lowest BCUT2D eigenvalue weighted by atomic mass is 10.1. The summed E-state index contributed by atoms with van der Waals surface area (Å²) in [5.41, 5.74) is 5.53. The highest BCUT2D eigenvalue weighted by Gasteiger charge is 2.34. The van der Waals surface area contributed by atoms with E-state index in [0.29, 0.717) is 6.42 Å². The van der Waals surface area contributed by atoms with Gasteiger partial charge in [-0.15, -0.1) is 0 Å². The van der Waals surface area contributed by atoms with E-state index in [2.05, 4.69) is 0 Å². The van der Waals surface area contributed by atoms with Crippen molar-refractivity contribution >= 4 is 0 Å². The van der Waals surface area contributed by atoms with Crippen LogP contribution in [0.1, 0.15) is 13.3 Å². The number of hydrogen-bond donors (Lipinski definition) is 3. The van der Waals surface area contributed by atoms with Gasteiger partial charge >= 0.3 is 0 Å². The number of nitrogens with two attached hydrogens (primary N) is 1. The summed E-state index contributed by atoms with van der Waals surface area (Å²) in [5.74, 6) is 0. The molecule has 0 radical (unpaired) electrons. The van der Waals surface area contributed by atoms with Crippen molar-refractivity contribution in [2.75, 3.05) is 0 Å². The van der Waals surface area contributed by atoms with Crippen LogP contribution in [0.4, 0.5) is 0 Å². The summed E-state index contributed by atoms with van der Waals surface area (Å²) < 4.78 is 4.92. The van der Waals surface area contributed by atoms with Gasteiger partial charge in [-0.25, -0.2) is 0 Å². The van der Waals surface area contributed by atoms with Crippen molar-refractivity contribution in [3.05, 3.63) is 0 Å². The van der Waals surface area contributed by atoms with Gasteiger partial charge in [0.15, 0.2) is 6.29 Å². The van der Waals surface area contributed by atoms with E-state index in [-0.39, 0.29) is 6.04 Å². The first-order chi connectivity index (χ1) is 4.61. The normalized spacial score (nSPS) is 43.8. The zero-order chi connectivity index (χ0) is 7.72. The largest absolute Gasteiger partial charge is 0.391 e. The first kappa shape index (κ1) is 7.94. The van der Waals surface area contributed by atoms with Crippen LogP contribution in [0.3, 0.4) is 0 Å². The van der Waals surface area contributed by atoms with E-state index in [1.165, 1.54) is 0 Å². The monoisotopic (exact) mass is 147 g/mol. The number of aliphatic hydroxyl groups is 2. The molecule has 1 aliphatic rings. The molecule has 10 heavy (non-hydrogen) atoms. The lowest BCUT2D eigenvalue weighted by molar-refractivity contribution is -0.118. The highest BCUT2D eigenvalue weighted by molar-refractivity contribution is 4.84. The topological polar surface area (TPSA) is 75.7 Å². The summed E-state index contributed by atoms with van der Waals surface area (Å²) in [6.07, 6.45) is -1.40.